The predicted molar refractivity (Wildman–Crippen MR) is 123 cm³/mol. The maximum atomic E-state index is 12.5. The average Bonchev–Trinajstić information content (AvgIpc) is 3.20. The molecule has 3 rings (SSSR count). The number of anilines is 1. The van der Waals surface area contributed by atoms with E-state index in [1.54, 1.807) is 30.3 Å². The van der Waals surface area contributed by atoms with E-state index in [-0.39, 0.29) is 10.9 Å². The summed E-state index contributed by atoms with van der Waals surface area (Å²) < 4.78 is 5.66. The third kappa shape index (κ3) is 5.18. The Kier molecular flexibility index (Phi) is 6.96. The molecule has 0 saturated carbocycles. The van der Waals surface area contributed by atoms with Crippen LogP contribution >= 0.6 is 35.4 Å². The van der Waals surface area contributed by atoms with Gasteiger partial charge in [-0.05, 0) is 66.5 Å². The molecule has 150 valence electrons. The molecular weight excluding hydrogens is 427 g/mol. The molecule has 0 aliphatic heterocycles. The van der Waals surface area contributed by atoms with Crippen LogP contribution in [0, 0.1) is 0 Å². The number of thiocarbonyl (C=S) groups is 1. The highest BCUT2D eigenvalue weighted by atomic mass is 35.5. The molecule has 0 bridgehead atoms. The second-order valence-electron chi connectivity index (χ2n) is 6.60. The van der Waals surface area contributed by atoms with Gasteiger partial charge in [-0.3, -0.25) is 10.1 Å². The van der Waals surface area contributed by atoms with Gasteiger partial charge in [-0.25, -0.2) is 0 Å². The number of carbonyl (C=O) groups excluding carboxylic acids is 1. The minimum Gasteiger partial charge on any atom is -0.451 e. The quantitative estimate of drug-likeness (QED) is 0.418. The molecule has 4 nitrogen and oxygen atoms in total. The summed E-state index contributed by atoms with van der Waals surface area (Å²) in [5, 5.41) is 6.83. The van der Waals surface area contributed by atoms with Gasteiger partial charge in [0.1, 0.15) is 5.76 Å². The second kappa shape index (κ2) is 9.44. The molecule has 0 aliphatic rings. The Morgan fingerprint density at radius 2 is 1.86 bits per heavy atom. The maximum Gasteiger partial charge on any atom is 0.293 e. The van der Waals surface area contributed by atoms with Gasteiger partial charge in [0.05, 0.1) is 10.0 Å². The molecule has 0 spiro atoms. The van der Waals surface area contributed by atoms with Gasteiger partial charge in [-0.15, -0.1) is 0 Å². The molecule has 1 amide bonds. The predicted octanol–water partition coefficient (Wildman–Crippen LogP) is 6.89. The normalized spacial score (nSPS) is 11.7. The number of halogens is 2. The first-order valence-electron chi connectivity index (χ1n) is 9.15. The Bertz CT molecular complexity index is 1050. The van der Waals surface area contributed by atoms with Crippen molar-refractivity contribution in [2.75, 3.05) is 5.32 Å². The highest BCUT2D eigenvalue weighted by Crippen LogP contribution is 2.30. The summed E-state index contributed by atoms with van der Waals surface area (Å²) in [4.78, 5) is 12.5. The zero-order chi connectivity index (χ0) is 21.0. The molecule has 1 heterocycles. The lowest BCUT2D eigenvalue weighted by molar-refractivity contribution is 0.0951. The van der Waals surface area contributed by atoms with Crippen molar-refractivity contribution >= 4 is 52.1 Å². The number of carbonyl (C=O) groups is 1. The lowest BCUT2D eigenvalue weighted by Crippen LogP contribution is -2.34. The molecule has 3 aromatic rings. The summed E-state index contributed by atoms with van der Waals surface area (Å²) >= 11 is 17.3. The summed E-state index contributed by atoms with van der Waals surface area (Å²) in [6, 6.07) is 16.3. The van der Waals surface area contributed by atoms with Crippen molar-refractivity contribution in [1.82, 2.24) is 5.32 Å². The van der Waals surface area contributed by atoms with Crippen molar-refractivity contribution in [1.29, 1.82) is 0 Å². The van der Waals surface area contributed by atoms with Crippen molar-refractivity contribution in [2.24, 2.45) is 0 Å². The van der Waals surface area contributed by atoms with Crippen molar-refractivity contribution in [3.05, 3.63) is 76.0 Å². The van der Waals surface area contributed by atoms with Gasteiger partial charge >= 0.3 is 0 Å². The largest absolute Gasteiger partial charge is 0.451 e. The Hall–Kier alpha value is -2.34. The van der Waals surface area contributed by atoms with Crippen LogP contribution in [0.5, 0.6) is 0 Å². The molecule has 0 aliphatic carbocycles. The van der Waals surface area contributed by atoms with E-state index < -0.39 is 5.91 Å². The van der Waals surface area contributed by atoms with E-state index in [1.807, 2.05) is 18.2 Å². The number of rotatable bonds is 5. The summed E-state index contributed by atoms with van der Waals surface area (Å²) in [7, 11) is 0. The van der Waals surface area contributed by atoms with Crippen molar-refractivity contribution in [3.63, 3.8) is 0 Å². The summed E-state index contributed by atoms with van der Waals surface area (Å²) in [5.74, 6) is 0.589. The van der Waals surface area contributed by atoms with Crippen LogP contribution in [0.2, 0.25) is 10.0 Å². The Morgan fingerprint density at radius 3 is 2.59 bits per heavy atom. The first kappa shape index (κ1) is 21.4. The summed E-state index contributed by atoms with van der Waals surface area (Å²) in [6.07, 6.45) is 1.00. The molecule has 0 saturated heterocycles. The van der Waals surface area contributed by atoms with Gasteiger partial charge < -0.3 is 9.73 Å². The zero-order valence-corrected chi connectivity index (χ0v) is 18.3. The minimum absolute atomic E-state index is 0.144. The van der Waals surface area contributed by atoms with Crippen LogP contribution < -0.4 is 10.6 Å². The van der Waals surface area contributed by atoms with Crippen LogP contribution in [0.1, 0.15) is 42.3 Å². The highest BCUT2D eigenvalue weighted by Gasteiger charge is 2.16. The van der Waals surface area contributed by atoms with E-state index in [0.717, 1.165) is 23.2 Å². The van der Waals surface area contributed by atoms with Gasteiger partial charge in [0.2, 0.25) is 0 Å². The van der Waals surface area contributed by atoms with Crippen molar-refractivity contribution in [3.8, 4) is 11.3 Å². The SMILES string of the molecule is CCC(C)c1ccccc1NC(=S)NC(=O)c1ccc(-c2ccc(Cl)c(Cl)c2)o1. The number of hydrogen-bond acceptors (Lipinski definition) is 3. The van der Waals surface area contributed by atoms with Crippen molar-refractivity contribution < 1.29 is 9.21 Å². The Morgan fingerprint density at radius 1 is 1.10 bits per heavy atom. The van der Waals surface area contributed by atoms with Crippen LogP contribution in [-0.4, -0.2) is 11.0 Å². The standard InChI is InChI=1S/C22H20Cl2N2O2S/c1-3-13(2)15-6-4-5-7-18(15)25-22(29)26-21(27)20-11-10-19(28-20)14-8-9-16(23)17(24)12-14/h4-13H,3H2,1-2H3,(H2,25,26,27,29). The third-order valence-electron chi connectivity index (χ3n) is 4.61. The number of benzene rings is 2. The Balaban J connectivity index is 1.69. The fraction of sp³-hybridized carbons (Fsp3) is 0.182. The zero-order valence-electron chi connectivity index (χ0n) is 16.0. The molecular formula is C22H20Cl2N2O2S. The Labute approximate surface area is 185 Å². The molecule has 1 unspecified atom stereocenters. The van der Waals surface area contributed by atoms with E-state index in [2.05, 4.69) is 30.5 Å². The number of hydrogen-bond donors (Lipinski definition) is 2. The number of nitrogens with one attached hydrogen (secondary N) is 2. The van der Waals surface area contributed by atoms with Crippen LogP contribution in [0.15, 0.2) is 59.0 Å². The van der Waals surface area contributed by atoms with Crippen LogP contribution in [-0.2, 0) is 0 Å². The van der Waals surface area contributed by atoms with E-state index in [9.17, 15) is 4.79 Å². The maximum absolute atomic E-state index is 12.5. The molecule has 0 fully saturated rings. The fourth-order valence-electron chi connectivity index (χ4n) is 2.84. The van der Waals surface area contributed by atoms with E-state index >= 15 is 0 Å². The molecule has 1 atom stereocenters. The van der Waals surface area contributed by atoms with E-state index in [0.29, 0.717) is 21.7 Å². The molecule has 29 heavy (non-hydrogen) atoms. The summed E-state index contributed by atoms with van der Waals surface area (Å²) in [6.45, 7) is 4.28. The molecule has 2 aromatic carbocycles. The van der Waals surface area contributed by atoms with Gasteiger partial charge in [-0.1, -0.05) is 55.2 Å². The summed E-state index contributed by atoms with van der Waals surface area (Å²) in [5.41, 5.74) is 2.75. The fourth-order valence-corrected chi connectivity index (χ4v) is 3.34. The van der Waals surface area contributed by atoms with Gasteiger partial charge in [0.25, 0.3) is 5.91 Å². The number of amides is 1. The lowest BCUT2D eigenvalue weighted by atomic mass is 9.97. The van der Waals surface area contributed by atoms with E-state index in [4.69, 9.17) is 39.8 Å². The monoisotopic (exact) mass is 446 g/mol. The molecule has 0 radical (unpaired) electrons. The smallest absolute Gasteiger partial charge is 0.293 e. The topological polar surface area (TPSA) is 54.3 Å². The van der Waals surface area contributed by atoms with Crippen LogP contribution in [0.4, 0.5) is 5.69 Å². The van der Waals surface area contributed by atoms with Crippen molar-refractivity contribution in [2.45, 2.75) is 26.2 Å². The highest BCUT2D eigenvalue weighted by molar-refractivity contribution is 7.80. The second-order valence-corrected chi connectivity index (χ2v) is 7.82. The van der Waals surface area contributed by atoms with Gasteiger partial charge in [0.15, 0.2) is 10.9 Å². The number of furan rings is 1. The first-order valence-corrected chi connectivity index (χ1v) is 10.3. The third-order valence-corrected chi connectivity index (χ3v) is 5.56. The number of para-hydroxylation sites is 1. The van der Waals surface area contributed by atoms with Crippen LogP contribution in [0.25, 0.3) is 11.3 Å². The van der Waals surface area contributed by atoms with Crippen LogP contribution in [0.3, 0.4) is 0 Å². The molecule has 1 aromatic heterocycles. The van der Waals surface area contributed by atoms with E-state index in [1.165, 1.54) is 0 Å². The molecule has 7 heteroatoms. The first-order chi connectivity index (χ1) is 13.9. The van der Waals surface area contributed by atoms with Gasteiger partial charge in [0, 0.05) is 11.3 Å². The average molecular weight is 447 g/mol. The minimum atomic E-state index is -0.435. The lowest BCUT2D eigenvalue weighted by Gasteiger charge is -2.16. The van der Waals surface area contributed by atoms with Gasteiger partial charge in [-0.2, -0.15) is 0 Å². The molecule has 2 N–H and O–H groups in total.